The van der Waals surface area contributed by atoms with Crippen LogP contribution in [0.15, 0.2) is 41.0 Å². The van der Waals surface area contributed by atoms with Crippen molar-refractivity contribution in [1.82, 2.24) is 4.98 Å². The minimum Gasteiger partial charge on any atom is -0.439 e. The number of hydrogen-bond acceptors (Lipinski definition) is 5. The van der Waals surface area contributed by atoms with Crippen molar-refractivity contribution in [3.8, 4) is 11.6 Å². The number of non-ortho nitro benzene ring substituents is 1. The van der Waals surface area contributed by atoms with Crippen LogP contribution >= 0.6 is 15.9 Å². The Kier molecular flexibility index (Phi) is 3.94. The number of nitrogens with one attached hydrogen (secondary N) is 1. The van der Waals surface area contributed by atoms with E-state index in [0.717, 1.165) is 0 Å². The Bertz CT molecular complexity index is 673. The van der Waals surface area contributed by atoms with Gasteiger partial charge in [0.25, 0.3) is 5.69 Å². The van der Waals surface area contributed by atoms with Gasteiger partial charge >= 0.3 is 0 Å². The van der Waals surface area contributed by atoms with Gasteiger partial charge in [0.15, 0.2) is 0 Å². The molecule has 0 saturated carbocycles. The molecule has 0 bridgehead atoms. The van der Waals surface area contributed by atoms with Gasteiger partial charge < -0.3 is 10.5 Å². The molecule has 7 nitrogen and oxygen atoms in total. The highest BCUT2D eigenvalue weighted by Crippen LogP contribution is 2.28. The molecule has 0 aliphatic carbocycles. The van der Waals surface area contributed by atoms with Crippen LogP contribution in [0, 0.1) is 15.5 Å². The smallest absolute Gasteiger partial charge is 0.274 e. The number of nitrogens with zero attached hydrogens (tertiary/aromatic N) is 2. The summed E-state index contributed by atoms with van der Waals surface area (Å²) < 4.78 is 5.96. The molecule has 2 rings (SSSR count). The van der Waals surface area contributed by atoms with Crippen LogP contribution in [0.5, 0.6) is 11.6 Å². The lowest BCUT2D eigenvalue weighted by Crippen LogP contribution is -2.11. The van der Waals surface area contributed by atoms with E-state index in [9.17, 15) is 10.1 Å². The molecule has 0 saturated heterocycles. The van der Waals surface area contributed by atoms with Crippen LogP contribution in [0.25, 0.3) is 0 Å². The summed E-state index contributed by atoms with van der Waals surface area (Å²) >= 11 is 3.18. The Morgan fingerprint density at radius 3 is 2.70 bits per heavy atom. The number of nitro groups is 1. The number of hydrogen-bond donors (Lipinski definition) is 2. The second kappa shape index (κ2) is 5.66. The van der Waals surface area contributed by atoms with Crippen molar-refractivity contribution in [2.24, 2.45) is 5.73 Å². The lowest BCUT2D eigenvalue weighted by Gasteiger charge is -2.06. The first-order valence-corrected chi connectivity index (χ1v) is 6.18. The molecule has 20 heavy (non-hydrogen) atoms. The van der Waals surface area contributed by atoms with Crippen molar-refractivity contribution in [3.05, 3.63) is 56.7 Å². The summed E-state index contributed by atoms with van der Waals surface area (Å²) in [7, 11) is 0. The van der Waals surface area contributed by atoms with Gasteiger partial charge in [0, 0.05) is 28.4 Å². The van der Waals surface area contributed by atoms with E-state index in [1.54, 1.807) is 12.1 Å². The average molecular weight is 337 g/mol. The third-order valence-corrected chi connectivity index (χ3v) is 2.79. The Balaban J connectivity index is 2.25. The molecule has 1 heterocycles. The molecular formula is C12H9BrN4O3. The van der Waals surface area contributed by atoms with Crippen LogP contribution in [-0.4, -0.2) is 15.7 Å². The number of pyridine rings is 1. The van der Waals surface area contributed by atoms with Gasteiger partial charge in [0.1, 0.15) is 11.6 Å². The summed E-state index contributed by atoms with van der Waals surface area (Å²) in [6.07, 6.45) is 1.39. The monoisotopic (exact) mass is 336 g/mol. The van der Waals surface area contributed by atoms with E-state index in [-0.39, 0.29) is 23.2 Å². The first-order chi connectivity index (χ1) is 9.45. The topological polar surface area (TPSA) is 115 Å². The summed E-state index contributed by atoms with van der Waals surface area (Å²) in [6.45, 7) is 0. The van der Waals surface area contributed by atoms with Gasteiger partial charge in [-0.15, -0.1) is 0 Å². The molecule has 1 aromatic carbocycles. The molecule has 8 heteroatoms. The van der Waals surface area contributed by atoms with E-state index >= 15 is 0 Å². The first-order valence-electron chi connectivity index (χ1n) is 5.39. The maximum atomic E-state index is 10.8. The standard InChI is InChI=1S/C12H9BrN4O3/c13-8-3-9(17(18)19)5-10(4-8)20-11-2-1-7(6-16-11)12(14)15/h1-6H,(H3,14,15). The van der Waals surface area contributed by atoms with Crippen molar-refractivity contribution in [2.75, 3.05) is 0 Å². The Hall–Kier alpha value is -2.48. The van der Waals surface area contributed by atoms with Crippen molar-refractivity contribution in [2.45, 2.75) is 0 Å². The molecule has 0 radical (unpaired) electrons. The van der Waals surface area contributed by atoms with Gasteiger partial charge in [0.2, 0.25) is 5.88 Å². The number of benzene rings is 1. The van der Waals surface area contributed by atoms with Crippen LogP contribution in [0.1, 0.15) is 5.56 Å². The maximum Gasteiger partial charge on any atom is 0.274 e. The zero-order valence-corrected chi connectivity index (χ0v) is 11.6. The molecule has 0 atom stereocenters. The highest BCUT2D eigenvalue weighted by Gasteiger charge is 2.10. The Morgan fingerprint density at radius 2 is 2.15 bits per heavy atom. The van der Waals surface area contributed by atoms with E-state index in [1.165, 1.54) is 24.4 Å². The van der Waals surface area contributed by atoms with Crippen LogP contribution in [0.4, 0.5) is 5.69 Å². The van der Waals surface area contributed by atoms with Crippen LogP contribution in [-0.2, 0) is 0 Å². The van der Waals surface area contributed by atoms with Crippen molar-refractivity contribution in [3.63, 3.8) is 0 Å². The zero-order valence-electron chi connectivity index (χ0n) is 10.0. The summed E-state index contributed by atoms with van der Waals surface area (Å²) in [4.78, 5) is 14.2. The molecule has 0 amide bonds. The summed E-state index contributed by atoms with van der Waals surface area (Å²) in [5.41, 5.74) is 5.69. The second-order valence-corrected chi connectivity index (χ2v) is 4.72. The van der Waals surface area contributed by atoms with E-state index < -0.39 is 4.92 Å². The zero-order chi connectivity index (χ0) is 14.7. The fourth-order valence-electron chi connectivity index (χ4n) is 1.43. The van der Waals surface area contributed by atoms with Gasteiger partial charge in [-0.05, 0) is 12.1 Å². The molecular weight excluding hydrogens is 328 g/mol. The number of nitro benzene ring substituents is 1. The fourth-order valence-corrected chi connectivity index (χ4v) is 1.89. The molecule has 102 valence electrons. The third-order valence-electron chi connectivity index (χ3n) is 2.34. The molecule has 3 N–H and O–H groups in total. The predicted octanol–water partition coefficient (Wildman–Crippen LogP) is 2.83. The summed E-state index contributed by atoms with van der Waals surface area (Å²) in [6, 6.07) is 7.37. The minimum atomic E-state index is -0.510. The number of amidine groups is 1. The first kappa shape index (κ1) is 13.9. The van der Waals surface area contributed by atoms with E-state index in [1.807, 2.05) is 0 Å². The van der Waals surface area contributed by atoms with Gasteiger partial charge in [-0.25, -0.2) is 4.98 Å². The second-order valence-electron chi connectivity index (χ2n) is 3.80. The molecule has 0 aliphatic heterocycles. The third kappa shape index (κ3) is 3.29. The number of rotatable bonds is 4. The number of nitrogen functional groups attached to an aromatic ring is 1. The SMILES string of the molecule is N=C(N)c1ccc(Oc2cc(Br)cc([N+](=O)[O-])c2)nc1. The average Bonchev–Trinajstić information content (AvgIpc) is 2.38. The number of nitrogens with two attached hydrogens (primary N) is 1. The van der Waals surface area contributed by atoms with Crippen molar-refractivity contribution >= 4 is 27.5 Å². The lowest BCUT2D eigenvalue weighted by molar-refractivity contribution is -0.385. The van der Waals surface area contributed by atoms with Crippen molar-refractivity contribution in [1.29, 1.82) is 5.41 Å². The largest absolute Gasteiger partial charge is 0.439 e. The van der Waals surface area contributed by atoms with Crippen LogP contribution in [0.3, 0.4) is 0 Å². The number of aromatic nitrogens is 1. The molecule has 0 spiro atoms. The number of halogens is 1. The van der Waals surface area contributed by atoms with Gasteiger partial charge in [-0.1, -0.05) is 15.9 Å². The summed E-state index contributed by atoms with van der Waals surface area (Å²) in [5.74, 6) is 0.443. The lowest BCUT2D eigenvalue weighted by atomic mass is 10.2. The Labute approximate surface area is 122 Å². The normalized spacial score (nSPS) is 10.1. The van der Waals surface area contributed by atoms with E-state index in [2.05, 4.69) is 20.9 Å². The van der Waals surface area contributed by atoms with E-state index in [0.29, 0.717) is 10.0 Å². The van der Waals surface area contributed by atoms with Gasteiger partial charge in [-0.3, -0.25) is 15.5 Å². The Morgan fingerprint density at radius 1 is 1.40 bits per heavy atom. The fraction of sp³-hybridized carbons (Fsp3) is 0. The van der Waals surface area contributed by atoms with Gasteiger partial charge in [0.05, 0.1) is 11.0 Å². The van der Waals surface area contributed by atoms with Crippen LogP contribution < -0.4 is 10.5 Å². The number of ether oxygens (including phenoxy) is 1. The molecule has 0 unspecified atom stereocenters. The molecule has 1 aromatic heterocycles. The molecule has 0 fully saturated rings. The summed E-state index contributed by atoms with van der Waals surface area (Å²) in [5, 5.41) is 18.0. The van der Waals surface area contributed by atoms with Crippen molar-refractivity contribution < 1.29 is 9.66 Å². The van der Waals surface area contributed by atoms with E-state index in [4.69, 9.17) is 15.9 Å². The highest BCUT2D eigenvalue weighted by molar-refractivity contribution is 9.10. The highest BCUT2D eigenvalue weighted by atomic mass is 79.9. The predicted molar refractivity (Wildman–Crippen MR) is 76.1 cm³/mol. The quantitative estimate of drug-likeness (QED) is 0.385. The van der Waals surface area contributed by atoms with Gasteiger partial charge in [-0.2, -0.15) is 0 Å². The maximum absolute atomic E-state index is 10.8. The molecule has 0 aliphatic rings. The van der Waals surface area contributed by atoms with Crippen LogP contribution in [0.2, 0.25) is 0 Å². The minimum absolute atomic E-state index is 0.0882. The molecule has 2 aromatic rings.